The lowest BCUT2D eigenvalue weighted by Crippen LogP contribution is -2.46. The summed E-state index contributed by atoms with van der Waals surface area (Å²) in [5, 5.41) is 1.18. The summed E-state index contributed by atoms with van der Waals surface area (Å²) in [7, 11) is 0. The van der Waals surface area contributed by atoms with E-state index in [1.165, 1.54) is 36.6 Å². The fourth-order valence-electron chi connectivity index (χ4n) is 4.97. The van der Waals surface area contributed by atoms with Gasteiger partial charge in [0.2, 0.25) is 11.8 Å². The van der Waals surface area contributed by atoms with Gasteiger partial charge in [-0.25, -0.2) is 0 Å². The molecule has 0 aliphatic heterocycles. The van der Waals surface area contributed by atoms with Gasteiger partial charge in [-0.1, -0.05) is 69.4 Å². The van der Waals surface area contributed by atoms with Crippen molar-refractivity contribution in [2.45, 2.75) is 91.6 Å². The number of hydrogen-bond acceptors (Lipinski definition) is 3. The van der Waals surface area contributed by atoms with Gasteiger partial charge in [-0.15, -0.1) is 0 Å². The Morgan fingerprint density at radius 3 is 2.33 bits per heavy atom. The van der Waals surface area contributed by atoms with E-state index in [2.05, 4.69) is 24.0 Å². The zero-order valence-electron chi connectivity index (χ0n) is 24.4. The standard InChI is InChI=1S/C33H47N3O3/c1-5-7-8-9-10-11-16-32(37)36(26(3)4)25-33(38)35(24-27-17-19-29(20-18-27)39-6-2)22-21-28-23-34-31-15-13-12-14-30(28)31/h12-15,17-20,23,26,34H,5-11,16,21-22,24-25H2,1-4H3. The van der Waals surface area contributed by atoms with Crippen molar-refractivity contribution in [3.05, 3.63) is 65.9 Å². The van der Waals surface area contributed by atoms with Crippen molar-refractivity contribution in [2.75, 3.05) is 19.7 Å². The Morgan fingerprint density at radius 1 is 0.897 bits per heavy atom. The van der Waals surface area contributed by atoms with E-state index in [0.29, 0.717) is 26.1 Å². The number of carbonyl (C=O) groups excluding carboxylic acids is 2. The van der Waals surface area contributed by atoms with E-state index >= 15 is 0 Å². The summed E-state index contributed by atoms with van der Waals surface area (Å²) in [6, 6.07) is 16.1. The van der Waals surface area contributed by atoms with Gasteiger partial charge < -0.3 is 19.5 Å². The zero-order valence-corrected chi connectivity index (χ0v) is 24.4. The van der Waals surface area contributed by atoms with E-state index in [9.17, 15) is 9.59 Å². The van der Waals surface area contributed by atoms with Crippen molar-refractivity contribution in [1.82, 2.24) is 14.8 Å². The van der Waals surface area contributed by atoms with Gasteiger partial charge in [0.15, 0.2) is 0 Å². The molecule has 39 heavy (non-hydrogen) atoms. The van der Waals surface area contributed by atoms with Crippen LogP contribution in [0.4, 0.5) is 0 Å². The number of nitrogens with one attached hydrogen (secondary N) is 1. The predicted octanol–water partition coefficient (Wildman–Crippen LogP) is 7.13. The fraction of sp³-hybridized carbons (Fsp3) is 0.515. The minimum atomic E-state index is -0.0255. The molecule has 0 radical (unpaired) electrons. The van der Waals surface area contributed by atoms with Gasteiger partial charge in [0, 0.05) is 42.7 Å². The first-order chi connectivity index (χ1) is 18.9. The first kappa shape index (κ1) is 30.3. The third-order valence-electron chi connectivity index (χ3n) is 7.28. The van der Waals surface area contributed by atoms with Gasteiger partial charge in [0.25, 0.3) is 0 Å². The predicted molar refractivity (Wildman–Crippen MR) is 160 cm³/mol. The smallest absolute Gasteiger partial charge is 0.242 e. The van der Waals surface area contributed by atoms with Crippen molar-refractivity contribution in [2.24, 2.45) is 0 Å². The lowest BCUT2D eigenvalue weighted by molar-refractivity contribution is -0.142. The number of unbranched alkanes of at least 4 members (excludes halogenated alkanes) is 5. The molecule has 1 N–H and O–H groups in total. The molecule has 1 aromatic heterocycles. The highest BCUT2D eigenvalue weighted by atomic mass is 16.5. The largest absolute Gasteiger partial charge is 0.494 e. The molecular formula is C33H47N3O3. The molecule has 3 rings (SSSR count). The normalized spacial score (nSPS) is 11.2. The van der Waals surface area contributed by atoms with Crippen molar-refractivity contribution in [3.8, 4) is 5.75 Å². The van der Waals surface area contributed by atoms with Crippen LogP contribution in [0, 0.1) is 0 Å². The molecule has 0 aliphatic rings. The van der Waals surface area contributed by atoms with Crippen LogP contribution in [0.2, 0.25) is 0 Å². The van der Waals surface area contributed by atoms with Gasteiger partial charge in [0.05, 0.1) is 13.2 Å². The molecule has 0 aliphatic carbocycles. The van der Waals surface area contributed by atoms with E-state index in [-0.39, 0.29) is 24.4 Å². The number of hydrogen-bond donors (Lipinski definition) is 1. The first-order valence-corrected chi connectivity index (χ1v) is 14.8. The number of carbonyl (C=O) groups is 2. The molecule has 0 unspecified atom stereocenters. The SMILES string of the molecule is CCCCCCCCC(=O)N(CC(=O)N(CCc1c[nH]c2ccccc12)Cc1ccc(OCC)cc1)C(C)C. The molecule has 6 nitrogen and oxygen atoms in total. The molecule has 6 heteroatoms. The zero-order chi connectivity index (χ0) is 28.0. The molecule has 0 saturated heterocycles. The Kier molecular flexibility index (Phi) is 12.4. The third kappa shape index (κ3) is 9.45. The number of aromatic amines is 1. The molecule has 0 saturated carbocycles. The van der Waals surface area contributed by atoms with Gasteiger partial charge in [-0.05, 0) is 62.9 Å². The number of amides is 2. The quantitative estimate of drug-likeness (QED) is 0.188. The summed E-state index contributed by atoms with van der Waals surface area (Å²) < 4.78 is 5.59. The van der Waals surface area contributed by atoms with Crippen LogP contribution in [0.15, 0.2) is 54.7 Å². The van der Waals surface area contributed by atoms with Crippen LogP contribution in [0.5, 0.6) is 5.75 Å². The Morgan fingerprint density at radius 2 is 1.62 bits per heavy atom. The lowest BCUT2D eigenvalue weighted by atomic mass is 10.1. The van der Waals surface area contributed by atoms with Gasteiger partial charge in [-0.3, -0.25) is 9.59 Å². The Labute approximate surface area is 234 Å². The van der Waals surface area contributed by atoms with Crippen molar-refractivity contribution >= 4 is 22.7 Å². The molecule has 1 heterocycles. The average Bonchev–Trinajstić information content (AvgIpc) is 3.35. The number of rotatable bonds is 17. The van der Waals surface area contributed by atoms with Crippen LogP contribution in [-0.2, 0) is 22.6 Å². The number of H-pyrrole nitrogens is 1. The highest BCUT2D eigenvalue weighted by molar-refractivity contribution is 5.85. The van der Waals surface area contributed by atoms with Crippen molar-refractivity contribution < 1.29 is 14.3 Å². The maximum Gasteiger partial charge on any atom is 0.242 e. The molecular weight excluding hydrogens is 486 g/mol. The summed E-state index contributed by atoms with van der Waals surface area (Å²) >= 11 is 0. The number of benzene rings is 2. The monoisotopic (exact) mass is 533 g/mol. The fourth-order valence-corrected chi connectivity index (χ4v) is 4.97. The number of ether oxygens (including phenoxy) is 1. The van der Waals surface area contributed by atoms with Crippen LogP contribution >= 0.6 is 0 Å². The van der Waals surface area contributed by atoms with Crippen LogP contribution in [0.25, 0.3) is 10.9 Å². The Bertz CT molecular complexity index is 1150. The lowest BCUT2D eigenvalue weighted by Gasteiger charge is -2.30. The second-order valence-corrected chi connectivity index (χ2v) is 10.6. The van der Waals surface area contributed by atoms with Crippen LogP contribution < -0.4 is 4.74 Å². The van der Waals surface area contributed by atoms with E-state index in [1.54, 1.807) is 4.90 Å². The third-order valence-corrected chi connectivity index (χ3v) is 7.28. The second kappa shape index (κ2) is 16.0. The average molecular weight is 534 g/mol. The summed E-state index contributed by atoms with van der Waals surface area (Å²) in [4.78, 5) is 33.8. The second-order valence-electron chi connectivity index (χ2n) is 10.6. The maximum atomic E-state index is 13.7. The minimum absolute atomic E-state index is 0.0197. The summed E-state index contributed by atoms with van der Waals surface area (Å²) in [6.07, 6.45) is 10.1. The molecule has 0 spiro atoms. The molecule has 0 atom stereocenters. The number of para-hydroxylation sites is 1. The topological polar surface area (TPSA) is 65.6 Å². The summed E-state index contributed by atoms with van der Waals surface area (Å²) in [5.41, 5.74) is 3.33. The van der Waals surface area contributed by atoms with Crippen molar-refractivity contribution in [3.63, 3.8) is 0 Å². The number of aromatic nitrogens is 1. The molecule has 212 valence electrons. The number of fused-ring (bicyclic) bond motifs is 1. The van der Waals surface area contributed by atoms with Crippen LogP contribution in [-0.4, -0.2) is 52.3 Å². The van der Waals surface area contributed by atoms with E-state index in [4.69, 9.17) is 4.74 Å². The van der Waals surface area contributed by atoms with E-state index in [0.717, 1.165) is 36.1 Å². The van der Waals surface area contributed by atoms with E-state index in [1.807, 2.05) is 68.3 Å². The van der Waals surface area contributed by atoms with Gasteiger partial charge in [0.1, 0.15) is 5.75 Å². The van der Waals surface area contributed by atoms with Crippen LogP contribution in [0.3, 0.4) is 0 Å². The molecule has 0 fully saturated rings. The summed E-state index contributed by atoms with van der Waals surface area (Å²) in [6.45, 7) is 9.96. The van der Waals surface area contributed by atoms with Gasteiger partial charge >= 0.3 is 0 Å². The first-order valence-electron chi connectivity index (χ1n) is 14.8. The maximum absolute atomic E-state index is 13.7. The van der Waals surface area contributed by atoms with Crippen molar-refractivity contribution in [1.29, 1.82) is 0 Å². The molecule has 2 amide bonds. The Hall–Kier alpha value is -3.28. The van der Waals surface area contributed by atoms with E-state index < -0.39 is 0 Å². The Balaban J connectivity index is 1.68. The molecule has 3 aromatic rings. The van der Waals surface area contributed by atoms with Crippen LogP contribution in [0.1, 0.15) is 83.8 Å². The van der Waals surface area contributed by atoms with Gasteiger partial charge in [-0.2, -0.15) is 0 Å². The summed E-state index contributed by atoms with van der Waals surface area (Å²) in [5.74, 6) is 0.879. The highest BCUT2D eigenvalue weighted by Gasteiger charge is 2.23. The minimum Gasteiger partial charge on any atom is -0.494 e. The highest BCUT2D eigenvalue weighted by Crippen LogP contribution is 2.20. The number of nitrogens with zero attached hydrogens (tertiary/aromatic N) is 2. The molecule has 2 aromatic carbocycles. The molecule has 0 bridgehead atoms.